The minimum absolute atomic E-state index is 0.0222. The molecule has 1 saturated heterocycles. The highest BCUT2D eigenvalue weighted by Crippen LogP contribution is 2.15. The number of sulfone groups is 1. The molecule has 21 heavy (non-hydrogen) atoms. The summed E-state index contributed by atoms with van der Waals surface area (Å²) in [6.07, 6.45) is 0. The molecule has 2 N–H and O–H groups in total. The van der Waals surface area contributed by atoms with Gasteiger partial charge in [-0.3, -0.25) is 4.79 Å². The highest BCUT2D eigenvalue weighted by molar-refractivity contribution is 7.91. The van der Waals surface area contributed by atoms with E-state index in [9.17, 15) is 13.2 Å². The Kier molecular flexibility index (Phi) is 4.66. The third-order valence-corrected chi connectivity index (χ3v) is 4.97. The van der Waals surface area contributed by atoms with Crippen LogP contribution in [0.25, 0.3) is 0 Å². The van der Waals surface area contributed by atoms with E-state index in [1.807, 2.05) is 13.0 Å². The number of amides is 1. The molecule has 1 aromatic carbocycles. The molecule has 0 bridgehead atoms. The first-order chi connectivity index (χ1) is 9.93. The molecule has 0 saturated carbocycles. The number of hydrogen-bond acceptors (Lipinski definition) is 4. The topological polar surface area (TPSA) is 80.5 Å². The standard InChI is InChI=1S/C15H18N2O3S/c1-12-4-5-13(3-2-6-16)14(11-12)15(18)17-7-9-21(19,20)10-8-17/h4-5,11H,6-10,16H2,1H3. The van der Waals surface area contributed by atoms with Gasteiger partial charge in [-0.1, -0.05) is 23.5 Å². The molecule has 2 rings (SSSR count). The van der Waals surface area contributed by atoms with Gasteiger partial charge in [-0.25, -0.2) is 8.42 Å². The lowest BCUT2D eigenvalue weighted by Crippen LogP contribution is -2.44. The quantitative estimate of drug-likeness (QED) is 0.750. The zero-order valence-corrected chi connectivity index (χ0v) is 12.7. The van der Waals surface area contributed by atoms with Crippen molar-refractivity contribution < 1.29 is 13.2 Å². The molecule has 1 amide bonds. The molecule has 0 spiro atoms. The van der Waals surface area contributed by atoms with Gasteiger partial charge in [-0.2, -0.15) is 0 Å². The summed E-state index contributed by atoms with van der Waals surface area (Å²) in [5, 5.41) is 0. The third kappa shape index (κ3) is 3.84. The molecule has 0 atom stereocenters. The van der Waals surface area contributed by atoms with Crippen LogP contribution < -0.4 is 5.73 Å². The fourth-order valence-electron chi connectivity index (χ4n) is 2.18. The minimum Gasteiger partial charge on any atom is -0.337 e. The van der Waals surface area contributed by atoms with Crippen LogP contribution in [0.5, 0.6) is 0 Å². The summed E-state index contributed by atoms with van der Waals surface area (Å²) in [6.45, 7) is 2.60. The Balaban J connectivity index is 2.28. The number of rotatable bonds is 1. The first-order valence-corrected chi connectivity index (χ1v) is 8.54. The minimum atomic E-state index is -3.00. The predicted octanol–water partition coefficient (Wildman–Crippen LogP) is 0.176. The van der Waals surface area contributed by atoms with E-state index in [0.29, 0.717) is 11.1 Å². The molecule has 1 aliphatic rings. The van der Waals surface area contributed by atoms with Crippen molar-refractivity contribution in [3.8, 4) is 11.8 Å². The van der Waals surface area contributed by atoms with Crippen LogP contribution in [0.4, 0.5) is 0 Å². The lowest BCUT2D eigenvalue weighted by Gasteiger charge is -2.27. The number of nitrogens with zero attached hydrogens (tertiary/aromatic N) is 1. The summed E-state index contributed by atoms with van der Waals surface area (Å²) in [4.78, 5) is 14.2. The molecule has 5 nitrogen and oxygen atoms in total. The second-order valence-corrected chi connectivity index (χ2v) is 7.30. The van der Waals surface area contributed by atoms with Crippen molar-refractivity contribution >= 4 is 15.7 Å². The largest absolute Gasteiger partial charge is 0.337 e. The molecule has 0 aromatic heterocycles. The average molecular weight is 306 g/mol. The molecule has 6 heteroatoms. The fourth-order valence-corrected chi connectivity index (χ4v) is 3.38. The van der Waals surface area contributed by atoms with Crippen LogP contribution in [-0.2, 0) is 9.84 Å². The van der Waals surface area contributed by atoms with E-state index in [2.05, 4.69) is 11.8 Å². The van der Waals surface area contributed by atoms with Crippen LogP contribution in [0, 0.1) is 18.8 Å². The Labute approximate surface area is 125 Å². The Morgan fingerprint density at radius 3 is 2.62 bits per heavy atom. The molecule has 0 radical (unpaired) electrons. The molecule has 112 valence electrons. The van der Waals surface area contributed by atoms with Crippen LogP contribution >= 0.6 is 0 Å². The van der Waals surface area contributed by atoms with Crippen molar-refractivity contribution in [2.24, 2.45) is 5.73 Å². The maximum Gasteiger partial charge on any atom is 0.255 e. The SMILES string of the molecule is Cc1ccc(C#CCN)c(C(=O)N2CCS(=O)(=O)CC2)c1. The lowest BCUT2D eigenvalue weighted by atomic mass is 10.0. The fraction of sp³-hybridized carbons (Fsp3) is 0.400. The van der Waals surface area contributed by atoms with Crippen molar-refractivity contribution in [2.45, 2.75) is 6.92 Å². The normalized spacial score (nSPS) is 17.0. The molecule has 1 aromatic rings. The number of benzene rings is 1. The number of nitrogens with two attached hydrogens (primary N) is 1. The van der Waals surface area contributed by atoms with Crippen LogP contribution in [0.15, 0.2) is 18.2 Å². The molecule has 0 unspecified atom stereocenters. The summed E-state index contributed by atoms with van der Waals surface area (Å²) in [5.74, 6) is 5.52. The van der Waals surface area contributed by atoms with Gasteiger partial charge in [0.1, 0.15) is 0 Å². The van der Waals surface area contributed by atoms with Crippen LogP contribution in [0.3, 0.4) is 0 Å². The van der Waals surface area contributed by atoms with Crippen molar-refractivity contribution in [3.05, 3.63) is 34.9 Å². The van der Waals surface area contributed by atoms with Gasteiger partial charge in [0.2, 0.25) is 0 Å². The van der Waals surface area contributed by atoms with Crippen LogP contribution in [-0.4, -0.2) is 50.4 Å². The smallest absolute Gasteiger partial charge is 0.255 e. The monoisotopic (exact) mass is 306 g/mol. The Bertz CT molecular complexity index is 700. The first-order valence-electron chi connectivity index (χ1n) is 6.72. The second-order valence-electron chi connectivity index (χ2n) is 5.00. The maximum absolute atomic E-state index is 12.6. The van der Waals surface area contributed by atoms with Gasteiger partial charge in [0.05, 0.1) is 23.6 Å². The van der Waals surface area contributed by atoms with E-state index in [1.54, 1.807) is 17.0 Å². The van der Waals surface area contributed by atoms with E-state index in [4.69, 9.17) is 5.73 Å². The average Bonchev–Trinajstić information content (AvgIpc) is 2.45. The highest BCUT2D eigenvalue weighted by atomic mass is 32.2. The van der Waals surface area contributed by atoms with Gasteiger partial charge >= 0.3 is 0 Å². The summed E-state index contributed by atoms with van der Waals surface area (Å²) in [5.41, 5.74) is 7.47. The van der Waals surface area contributed by atoms with Crippen molar-refractivity contribution in [3.63, 3.8) is 0 Å². The van der Waals surface area contributed by atoms with Gasteiger partial charge in [0.25, 0.3) is 5.91 Å². The Morgan fingerprint density at radius 2 is 2.00 bits per heavy atom. The van der Waals surface area contributed by atoms with Gasteiger partial charge in [0, 0.05) is 18.7 Å². The highest BCUT2D eigenvalue weighted by Gasteiger charge is 2.26. The van der Waals surface area contributed by atoms with E-state index < -0.39 is 9.84 Å². The predicted molar refractivity (Wildman–Crippen MR) is 81.7 cm³/mol. The first kappa shape index (κ1) is 15.5. The molecule has 1 fully saturated rings. The zero-order chi connectivity index (χ0) is 15.5. The summed E-state index contributed by atoms with van der Waals surface area (Å²) in [6, 6.07) is 5.47. The number of carbonyl (C=O) groups excluding carboxylic acids is 1. The van der Waals surface area contributed by atoms with Crippen LogP contribution in [0.1, 0.15) is 21.5 Å². The van der Waals surface area contributed by atoms with Crippen molar-refractivity contribution in [1.82, 2.24) is 4.90 Å². The third-order valence-electron chi connectivity index (χ3n) is 3.36. The Morgan fingerprint density at radius 1 is 1.33 bits per heavy atom. The number of hydrogen-bond donors (Lipinski definition) is 1. The number of aryl methyl sites for hydroxylation is 1. The van der Waals surface area contributed by atoms with Crippen LogP contribution in [0.2, 0.25) is 0 Å². The molecule has 1 aliphatic heterocycles. The van der Waals surface area contributed by atoms with Gasteiger partial charge in [0.15, 0.2) is 9.84 Å². The molecular formula is C15H18N2O3S. The van der Waals surface area contributed by atoms with E-state index in [0.717, 1.165) is 5.56 Å². The number of carbonyl (C=O) groups is 1. The van der Waals surface area contributed by atoms with E-state index in [1.165, 1.54) is 0 Å². The molecular weight excluding hydrogens is 288 g/mol. The zero-order valence-electron chi connectivity index (χ0n) is 11.9. The maximum atomic E-state index is 12.6. The van der Waals surface area contributed by atoms with E-state index in [-0.39, 0.29) is 37.0 Å². The summed E-state index contributed by atoms with van der Waals surface area (Å²) in [7, 11) is -3.00. The molecule has 1 heterocycles. The van der Waals surface area contributed by atoms with E-state index >= 15 is 0 Å². The second kappa shape index (κ2) is 6.29. The van der Waals surface area contributed by atoms with Gasteiger partial charge in [-0.05, 0) is 19.1 Å². The summed E-state index contributed by atoms with van der Waals surface area (Å²) >= 11 is 0. The van der Waals surface area contributed by atoms with Gasteiger partial charge in [-0.15, -0.1) is 0 Å². The van der Waals surface area contributed by atoms with Crippen molar-refractivity contribution in [1.29, 1.82) is 0 Å². The summed E-state index contributed by atoms with van der Waals surface area (Å²) < 4.78 is 22.9. The van der Waals surface area contributed by atoms with Crippen molar-refractivity contribution in [2.75, 3.05) is 31.1 Å². The Hall–Kier alpha value is -1.84. The molecule has 0 aliphatic carbocycles. The lowest BCUT2D eigenvalue weighted by molar-refractivity contribution is 0.0770. The van der Waals surface area contributed by atoms with Gasteiger partial charge < -0.3 is 10.6 Å².